The van der Waals surface area contributed by atoms with Gasteiger partial charge in [0.2, 0.25) is 5.91 Å². The van der Waals surface area contributed by atoms with Crippen molar-refractivity contribution in [2.45, 2.75) is 4.90 Å². The second-order valence-electron chi connectivity index (χ2n) is 6.97. The van der Waals surface area contributed by atoms with E-state index in [1.807, 2.05) is 0 Å². The fraction of sp³-hybridized carbons (Fsp3) is 0.136. The number of nitrogens with zero attached hydrogens (tertiary/aromatic N) is 1. The van der Waals surface area contributed by atoms with Crippen LogP contribution in [0.1, 0.15) is 0 Å². The molecule has 1 heterocycles. The highest BCUT2D eigenvalue weighted by Crippen LogP contribution is 2.34. The van der Waals surface area contributed by atoms with Crippen molar-refractivity contribution < 1.29 is 31.5 Å². The van der Waals surface area contributed by atoms with Gasteiger partial charge in [-0.15, -0.1) is 0 Å². The molecule has 3 aromatic carbocycles. The molecular formula is C22H17ClF2N2O5S. The number of anilines is 2. The fourth-order valence-electron chi connectivity index (χ4n) is 3.14. The van der Waals surface area contributed by atoms with Gasteiger partial charge in [-0.2, -0.15) is 0 Å². The highest BCUT2D eigenvalue weighted by molar-refractivity contribution is 7.92. The first-order chi connectivity index (χ1) is 15.7. The number of halogens is 3. The first kappa shape index (κ1) is 22.8. The molecule has 33 heavy (non-hydrogen) atoms. The lowest BCUT2D eigenvalue weighted by Gasteiger charge is -2.25. The lowest BCUT2D eigenvalue weighted by atomic mass is 10.3. The predicted molar refractivity (Wildman–Crippen MR) is 118 cm³/mol. The van der Waals surface area contributed by atoms with E-state index in [9.17, 15) is 22.0 Å². The summed E-state index contributed by atoms with van der Waals surface area (Å²) in [4.78, 5) is 12.6. The van der Waals surface area contributed by atoms with E-state index in [1.54, 1.807) is 0 Å². The number of fused-ring (bicyclic) bond motifs is 1. The zero-order valence-electron chi connectivity index (χ0n) is 16.9. The largest absolute Gasteiger partial charge is 0.486 e. The summed E-state index contributed by atoms with van der Waals surface area (Å²) in [6, 6.07) is 12.3. The third-order valence-corrected chi connectivity index (χ3v) is 6.77. The van der Waals surface area contributed by atoms with E-state index in [2.05, 4.69) is 5.32 Å². The van der Waals surface area contributed by atoms with Gasteiger partial charge in [0.1, 0.15) is 31.4 Å². The number of hydrogen-bond acceptors (Lipinski definition) is 5. The van der Waals surface area contributed by atoms with Gasteiger partial charge >= 0.3 is 0 Å². The van der Waals surface area contributed by atoms with Crippen molar-refractivity contribution in [3.8, 4) is 11.5 Å². The molecule has 1 aliphatic heterocycles. The Hall–Kier alpha value is -3.37. The molecule has 0 aromatic heterocycles. The topological polar surface area (TPSA) is 84.9 Å². The van der Waals surface area contributed by atoms with Crippen LogP contribution in [0, 0.1) is 11.6 Å². The van der Waals surface area contributed by atoms with Gasteiger partial charge in [0.15, 0.2) is 11.5 Å². The molecule has 0 unspecified atom stereocenters. The minimum absolute atomic E-state index is 0.0681. The number of benzene rings is 3. The van der Waals surface area contributed by atoms with Gasteiger partial charge in [-0.05, 0) is 54.6 Å². The molecule has 3 aromatic rings. The Kier molecular flexibility index (Phi) is 6.39. The second-order valence-corrected chi connectivity index (χ2v) is 9.24. The van der Waals surface area contributed by atoms with Crippen molar-refractivity contribution in [3.63, 3.8) is 0 Å². The van der Waals surface area contributed by atoms with Crippen LogP contribution in [-0.4, -0.2) is 34.1 Å². The minimum atomic E-state index is -4.27. The van der Waals surface area contributed by atoms with Gasteiger partial charge in [0.05, 0.1) is 15.6 Å². The summed E-state index contributed by atoms with van der Waals surface area (Å²) < 4.78 is 65.5. The molecule has 0 aliphatic carbocycles. The molecule has 0 spiro atoms. The highest BCUT2D eigenvalue weighted by atomic mass is 35.5. The molecule has 172 valence electrons. The molecule has 0 atom stereocenters. The smallest absolute Gasteiger partial charge is 0.264 e. The summed E-state index contributed by atoms with van der Waals surface area (Å²) in [5.41, 5.74) is 0.251. The molecule has 7 nitrogen and oxygen atoms in total. The van der Waals surface area contributed by atoms with Crippen LogP contribution in [0.2, 0.25) is 5.02 Å². The molecule has 0 bridgehead atoms. The monoisotopic (exact) mass is 494 g/mol. The Bertz CT molecular complexity index is 1300. The quantitative estimate of drug-likeness (QED) is 0.554. The van der Waals surface area contributed by atoms with E-state index in [0.717, 1.165) is 22.5 Å². The standard InChI is InChI=1S/C22H17ClF2N2O5S/c23-18-11-15(3-7-19(18)25)26-22(28)13-27(16-4-1-14(24)2-5-16)33(29,30)17-6-8-20-21(12-17)32-10-9-31-20/h1-8,11-12H,9-10,13H2,(H,26,28). The number of amides is 1. The average molecular weight is 495 g/mol. The molecule has 1 aliphatic rings. The Morgan fingerprint density at radius 2 is 1.67 bits per heavy atom. The average Bonchev–Trinajstić information content (AvgIpc) is 2.80. The van der Waals surface area contributed by atoms with Crippen LogP contribution >= 0.6 is 11.6 Å². The molecule has 0 saturated carbocycles. The number of carbonyl (C=O) groups excluding carboxylic acids is 1. The maximum Gasteiger partial charge on any atom is 0.264 e. The van der Waals surface area contributed by atoms with Crippen molar-refractivity contribution in [1.29, 1.82) is 0 Å². The van der Waals surface area contributed by atoms with E-state index in [1.165, 1.54) is 42.5 Å². The molecule has 11 heteroatoms. The second kappa shape index (κ2) is 9.24. The number of ether oxygens (including phenoxy) is 2. The van der Waals surface area contributed by atoms with E-state index in [0.29, 0.717) is 12.4 Å². The highest BCUT2D eigenvalue weighted by Gasteiger charge is 2.29. The number of sulfonamides is 1. The summed E-state index contributed by atoms with van der Waals surface area (Å²) >= 11 is 5.73. The van der Waals surface area contributed by atoms with Crippen LogP contribution < -0.4 is 19.1 Å². The van der Waals surface area contributed by atoms with Crippen molar-refractivity contribution in [2.75, 3.05) is 29.4 Å². The van der Waals surface area contributed by atoms with Gasteiger partial charge < -0.3 is 14.8 Å². The Morgan fingerprint density at radius 1 is 0.970 bits per heavy atom. The molecular weight excluding hydrogens is 478 g/mol. The van der Waals surface area contributed by atoms with E-state index in [-0.39, 0.29) is 33.6 Å². The summed E-state index contributed by atoms with van der Waals surface area (Å²) in [6.45, 7) is -0.0351. The number of hydrogen-bond donors (Lipinski definition) is 1. The minimum Gasteiger partial charge on any atom is -0.486 e. The van der Waals surface area contributed by atoms with Gasteiger partial charge in [-0.25, -0.2) is 17.2 Å². The van der Waals surface area contributed by atoms with Gasteiger partial charge in [0, 0.05) is 11.8 Å². The van der Waals surface area contributed by atoms with Gasteiger partial charge in [-0.1, -0.05) is 11.6 Å². The maximum absolute atomic E-state index is 13.5. The van der Waals surface area contributed by atoms with Gasteiger partial charge in [0.25, 0.3) is 10.0 Å². The van der Waals surface area contributed by atoms with Gasteiger partial charge in [-0.3, -0.25) is 9.10 Å². The molecule has 0 radical (unpaired) electrons. The molecule has 4 rings (SSSR count). The van der Waals surface area contributed by atoms with Crippen LogP contribution in [0.5, 0.6) is 11.5 Å². The zero-order valence-corrected chi connectivity index (χ0v) is 18.5. The third kappa shape index (κ3) is 5.01. The summed E-state index contributed by atoms with van der Waals surface area (Å²) in [5.74, 6) is -1.29. The molecule has 0 fully saturated rings. The van der Waals surface area contributed by atoms with Crippen molar-refractivity contribution in [3.05, 3.63) is 77.3 Å². The zero-order chi connectivity index (χ0) is 23.6. The maximum atomic E-state index is 13.5. The lowest BCUT2D eigenvalue weighted by Crippen LogP contribution is -2.38. The van der Waals surface area contributed by atoms with Crippen molar-refractivity contribution in [2.24, 2.45) is 0 Å². The predicted octanol–water partition coefficient (Wildman–Crippen LogP) is 4.22. The Balaban J connectivity index is 1.66. The van der Waals surface area contributed by atoms with E-state index < -0.39 is 34.1 Å². The third-order valence-electron chi connectivity index (χ3n) is 4.71. The molecule has 1 amide bonds. The summed E-state index contributed by atoms with van der Waals surface area (Å²) in [5, 5.41) is 2.28. The molecule has 0 saturated heterocycles. The van der Waals surface area contributed by atoms with Crippen LogP contribution in [-0.2, 0) is 14.8 Å². The van der Waals surface area contributed by atoms with E-state index >= 15 is 0 Å². The number of nitrogens with one attached hydrogen (secondary N) is 1. The van der Waals surface area contributed by atoms with Crippen LogP contribution in [0.3, 0.4) is 0 Å². The van der Waals surface area contributed by atoms with Crippen molar-refractivity contribution >= 4 is 38.9 Å². The van der Waals surface area contributed by atoms with Crippen LogP contribution in [0.4, 0.5) is 20.2 Å². The lowest BCUT2D eigenvalue weighted by molar-refractivity contribution is -0.114. The normalized spacial score (nSPS) is 12.8. The first-order valence-electron chi connectivity index (χ1n) is 9.67. The SMILES string of the molecule is O=C(CN(c1ccc(F)cc1)S(=O)(=O)c1ccc2c(c1)OCCO2)Nc1ccc(F)c(Cl)c1. The summed E-state index contributed by atoms with van der Waals surface area (Å²) in [6.07, 6.45) is 0. The Labute approximate surface area is 193 Å². The molecule has 1 N–H and O–H groups in total. The fourth-order valence-corrected chi connectivity index (χ4v) is 4.76. The first-order valence-corrected chi connectivity index (χ1v) is 11.5. The number of carbonyl (C=O) groups is 1. The van der Waals surface area contributed by atoms with E-state index in [4.69, 9.17) is 21.1 Å². The Morgan fingerprint density at radius 3 is 2.36 bits per heavy atom. The summed E-state index contributed by atoms with van der Waals surface area (Å²) in [7, 11) is -4.27. The van der Waals surface area contributed by atoms with Crippen LogP contribution in [0.15, 0.2) is 65.6 Å². The van der Waals surface area contributed by atoms with Crippen LogP contribution in [0.25, 0.3) is 0 Å². The van der Waals surface area contributed by atoms with Crippen molar-refractivity contribution in [1.82, 2.24) is 0 Å². The number of rotatable bonds is 6.